The number of pyridine rings is 1. The fraction of sp³-hybridized carbons (Fsp3) is 0.538. The number of hydrogen-bond donors (Lipinski definition) is 1. The Labute approximate surface area is 105 Å². The summed E-state index contributed by atoms with van der Waals surface area (Å²) in [6, 6.07) is 1.40. The SMILES string of the molecule is O=C(O)C1CCC(OCc2cncc(F)c2)CC1. The van der Waals surface area contributed by atoms with Crippen molar-refractivity contribution in [2.45, 2.75) is 38.4 Å². The third-order valence-electron chi connectivity index (χ3n) is 3.27. The molecule has 1 saturated carbocycles. The van der Waals surface area contributed by atoms with Crippen molar-refractivity contribution in [2.75, 3.05) is 0 Å². The quantitative estimate of drug-likeness (QED) is 0.895. The van der Waals surface area contributed by atoms with E-state index in [1.165, 1.54) is 6.07 Å². The molecule has 0 radical (unpaired) electrons. The molecule has 1 aromatic heterocycles. The lowest BCUT2D eigenvalue weighted by Crippen LogP contribution is -2.25. The maximum atomic E-state index is 12.9. The van der Waals surface area contributed by atoms with Gasteiger partial charge in [0.1, 0.15) is 5.82 Å². The summed E-state index contributed by atoms with van der Waals surface area (Å²) in [5, 5.41) is 8.87. The van der Waals surface area contributed by atoms with E-state index in [1.807, 2.05) is 0 Å². The molecule has 0 aromatic carbocycles. The summed E-state index contributed by atoms with van der Waals surface area (Å²) in [5.41, 5.74) is 0.704. The largest absolute Gasteiger partial charge is 0.481 e. The normalized spacial score (nSPS) is 23.8. The zero-order valence-corrected chi connectivity index (χ0v) is 10.0. The molecule has 0 aliphatic heterocycles. The van der Waals surface area contributed by atoms with Gasteiger partial charge >= 0.3 is 5.97 Å². The maximum Gasteiger partial charge on any atom is 0.306 e. The van der Waals surface area contributed by atoms with Gasteiger partial charge in [-0.3, -0.25) is 9.78 Å². The summed E-state index contributed by atoms with van der Waals surface area (Å²) in [6.45, 7) is 0.327. The first-order valence-corrected chi connectivity index (χ1v) is 6.09. The van der Waals surface area contributed by atoms with Crippen LogP contribution in [0, 0.1) is 11.7 Å². The molecule has 4 nitrogen and oxygen atoms in total. The summed E-state index contributed by atoms with van der Waals surface area (Å²) in [5.74, 6) is -1.32. The van der Waals surface area contributed by atoms with Crippen molar-refractivity contribution in [1.82, 2.24) is 4.98 Å². The lowest BCUT2D eigenvalue weighted by molar-refractivity contribution is -0.143. The van der Waals surface area contributed by atoms with Crippen LogP contribution in [0.2, 0.25) is 0 Å². The summed E-state index contributed by atoms with van der Waals surface area (Å²) in [6.07, 6.45) is 5.61. The molecular weight excluding hydrogens is 237 g/mol. The van der Waals surface area contributed by atoms with Gasteiger partial charge in [-0.1, -0.05) is 0 Å². The van der Waals surface area contributed by atoms with Gasteiger partial charge in [-0.2, -0.15) is 0 Å². The van der Waals surface area contributed by atoms with Crippen molar-refractivity contribution in [3.63, 3.8) is 0 Å². The molecule has 98 valence electrons. The Bertz CT molecular complexity index is 416. The number of ether oxygens (including phenoxy) is 1. The second-order valence-electron chi connectivity index (χ2n) is 4.63. The van der Waals surface area contributed by atoms with Gasteiger partial charge in [0.05, 0.1) is 24.8 Å². The van der Waals surface area contributed by atoms with Crippen molar-refractivity contribution < 1.29 is 19.0 Å². The first kappa shape index (κ1) is 13.0. The van der Waals surface area contributed by atoms with E-state index in [2.05, 4.69) is 4.98 Å². The van der Waals surface area contributed by atoms with E-state index in [4.69, 9.17) is 9.84 Å². The van der Waals surface area contributed by atoms with E-state index in [0.717, 1.165) is 19.0 Å². The molecule has 1 aromatic rings. The molecule has 1 N–H and O–H groups in total. The Morgan fingerprint density at radius 2 is 2.11 bits per heavy atom. The number of carboxylic acid groups (broad SMARTS) is 1. The molecule has 2 rings (SSSR count). The van der Waals surface area contributed by atoms with Crippen molar-refractivity contribution >= 4 is 5.97 Å². The van der Waals surface area contributed by atoms with Gasteiger partial charge in [-0.05, 0) is 37.3 Å². The van der Waals surface area contributed by atoms with Crippen molar-refractivity contribution in [3.05, 3.63) is 29.8 Å². The molecule has 18 heavy (non-hydrogen) atoms. The third kappa shape index (κ3) is 3.50. The first-order chi connectivity index (χ1) is 8.65. The number of rotatable bonds is 4. The highest BCUT2D eigenvalue weighted by Gasteiger charge is 2.26. The van der Waals surface area contributed by atoms with Gasteiger partial charge < -0.3 is 9.84 Å². The Balaban J connectivity index is 1.77. The van der Waals surface area contributed by atoms with Gasteiger partial charge in [0.25, 0.3) is 0 Å². The van der Waals surface area contributed by atoms with Crippen molar-refractivity contribution in [1.29, 1.82) is 0 Å². The van der Waals surface area contributed by atoms with Gasteiger partial charge in [0, 0.05) is 6.20 Å². The highest BCUT2D eigenvalue weighted by Crippen LogP contribution is 2.26. The van der Waals surface area contributed by atoms with E-state index in [9.17, 15) is 9.18 Å². The average molecular weight is 253 g/mol. The van der Waals surface area contributed by atoms with Gasteiger partial charge in [-0.25, -0.2) is 4.39 Å². The topological polar surface area (TPSA) is 59.4 Å². The highest BCUT2D eigenvalue weighted by molar-refractivity contribution is 5.70. The lowest BCUT2D eigenvalue weighted by Gasteiger charge is -2.26. The third-order valence-corrected chi connectivity index (χ3v) is 3.27. The first-order valence-electron chi connectivity index (χ1n) is 6.09. The highest BCUT2D eigenvalue weighted by atomic mass is 19.1. The summed E-state index contributed by atoms with van der Waals surface area (Å²) in [4.78, 5) is 14.5. The lowest BCUT2D eigenvalue weighted by atomic mass is 9.87. The van der Waals surface area contributed by atoms with Crippen LogP contribution < -0.4 is 0 Å². The van der Waals surface area contributed by atoms with Crippen LogP contribution in [0.5, 0.6) is 0 Å². The van der Waals surface area contributed by atoms with Gasteiger partial charge in [0.15, 0.2) is 0 Å². The van der Waals surface area contributed by atoms with E-state index < -0.39 is 5.97 Å². The van der Waals surface area contributed by atoms with Gasteiger partial charge in [-0.15, -0.1) is 0 Å². The second-order valence-corrected chi connectivity index (χ2v) is 4.63. The molecule has 0 unspecified atom stereocenters. The minimum Gasteiger partial charge on any atom is -0.481 e. The molecule has 1 heterocycles. The van der Waals surface area contributed by atoms with Crippen LogP contribution in [-0.4, -0.2) is 22.2 Å². The molecule has 1 fully saturated rings. The Hall–Kier alpha value is -1.49. The minimum atomic E-state index is -0.720. The molecule has 0 atom stereocenters. The number of hydrogen-bond acceptors (Lipinski definition) is 3. The standard InChI is InChI=1S/C13H16FNO3/c14-11-5-9(6-15-7-11)8-18-12-3-1-10(2-4-12)13(16)17/h5-7,10,12H,1-4,8H2,(H,16,17). The van der Waals surface area contributed by atoms with Crippen LogP contribution in [0.3, 0.4) is 0 Å². The fourth-order valence-electron chi connectivity index (χ4n) is 2.23. The van der Waals surface area contributed by atoms with Crippen LogP contribution in [0.15, 0.2) is 18.5 Å². The van der Waals surface area contributed by atoms with Crippen molar-refractivity contribution in [3.8, 4) is 0 Å². The van der Waals surface area contributed by atoms with E-state index >= 15 is 0 Å². The minimum absolute atomic E-state index is 0.0730. The molecule has 0 bridgehead atoms. The fourth-order valence-corrected chi connectivity index (χ4v) is 2.23. The number of nitrogens with zero attached hydrogens (tertiary/aromatic N) is 1. The van der Waals surface area contributed by atoms with E-state index in [1.54, 1.807) is 6.20 Å². The number of carboxylic acids is 1. The summed E-state index contributed by atoms with van der Waals surface area (Å²) in [7, 11) is 0. The Kier molecular flexibility index (Phi) is 4.25. The molecular formula is C13H16FNO3. The number of carbonyl (C=O) groups is 1. The van der Waals surface area contributed by atoms with Crippen LogP contribution in [-0.2, 0) is 16.1 Å². The zero-order valence-electron chi connectivity index (χ0n) is 10.0. The molecule has 1 aliphatic carbocycles. The van der Waals surface area contributed by atoms with E-state index in [0.29, 0.717) is 25.0 Å². The predicted molar refractivity (Wildman–Crippen MR) is 62.4 cm³/mol. The van der Waals surface area contributed by atoms with Crippen molar-refractivity contribution in [2.24, 2.45) is 5.92 Å². The van der Waals surface area contributed by atoms with Crippen LogP contribution in [0.4, 0.5) is 4.39 Å². The molecule has 0 spiro atoms. The molecule has 0 amide bonds. The molecule has 1 aliphatic rings. The number of aromatic nitrogens is 1. The monoisotopic (exact) mass is 253 g/mol. The van der Waals surface area contributed by atoms with Crippen LogP contribution in [0.25, 0.3) is 0 Å². The molecule has 5 heteroatoms. The Morgan fingerprint density at radius 1 is 1.39 bits per heavy atom. The Morgan fingerprint density at radius 3 is 2.72 bits per heavy atom. The van der Waals surface area contributed by atoms with Crippen LogP contribution >= 0.6 is 0 Å². The van der Waals surface area contributed by atoms with Gasteiger partial charge in [0.2, 0.25) is 0 Å². The maximum absolute atomic E-state index is 12.9. The molecule has 0 saturated heterocycles. The summed E-state index contributed by atoms with van der Waals surface area (Å²) >= 11 is 0. The van der Waals surface area contributed by atoms with Crippen LogP contribution in [0.1, 0.15) is 31.2 Å². The number of halogens is 1. The predicted octanol–water partition coefficient (Wildman–Crippen LogP) is 2.38. The average Bonchev–Trinajstić information content (AvgIpc) is 2.37. The number of aliphatic carboxylic acids is 1. The second kappa shape index (κ2) is 5.91. The zero-order chi connectivity index (χ0) is 13.0. The smallest absolute Gasteiger partial charge is 0.306 e. The van der Waals surface area contributed by atoms with E-state index in [-0.39, 0.29) is 17.8 Å². The summed E-state index contributed by atoms with van der Waals surface area (Å²) < 4.78 is 18.5.